The van der Waals surface area contributed by atoms with Crippen LogP contribution >= 0.6 is 0 Å². The van der Waals surface area contributed by atoms with Gasteiger partial charge in [0.05, 0.1) is 37.1 Å². The first kappa shape index (κ1) is 60.0. The van der Waals surface area contributed by atoms with E-state index in [4.69, 9.17) is 9.47 Å². The van der Waals surface area contributed by atoms with Crippen molar-refractivity contribution in [3.05, 3.63) is 22.3 Å². The van der Waals surface area contributed by atoms with E-state index in [2.05, 4.69) is 109 Å². The number of esters is 2. The van der Waals surface area contributed by atoms with E-state index in [1.807, 2.05) is 41.5 Å². The summed E-state index contributed by atoms with van der Waals surface area (Å²) in [6.07, 6.45) is 4.53. The molecule has 324 valence electrons. The predicted molar refractivity (Wildman–Crippen MR) is 258 cm³/mol. The molecule has 1 unspecified atom stereocenters. The Bertz CT molecular complexity index is 1020. The van der Waals surface area contributed by atoms with Crippen LogP contribution in [0, 0.1) is 11.8 Å². The second kappa shape index (κ2) is 32.3. The molecular weight excluding hydrogens is 729 g/mol. The van der Waals surface area contributed by atoms with Gasteiger partial charge in [-0.15, -0.1) is 0 Å². The third-order valence-corrected chi connectivity index (χ3v) is 33.4. The molecule has 0 fully saturated rings. The fraction of sp³-hybridized carbons (Fsp3) is 0.870. The number of hydrogen-bond donors (Lipinski definition) is 0. The Morgan fingerprint density at radius 2 is 0.685 bits per heavy atom. The van der Waals surface area contributed by atoms with Crippen molar-refractivity contribution in [3.63, 3.8) is 0 Å². The molecule has 0 rings (SSSR count). The molecule has 4 nitrogen and oxygen atoms in total. The summed E-state index contributed by atoms with van der Waals surface area (Å²) in [4.78, 5) is 23.4. The van der Waals surface area contributed by atoms with Crippen LogP contribution in [0.3, 0.4) is 0 Å². The van der Waals surface area contributed by atoms with Gasteiger partial charge in [0.2, 0.25) is 0 Å². The van der Waals surface area contributed by atoms with Gasteiger partial charge >= 0.3 is 11.9 Å². The lowest BCUT2D eigenvalue weighted by Crippen LogP contribution is -2.36. The first-order valence-electron chi connectivity index (χ1n) is 22.6. The molecule has 0 aromatic carbocycles. The first-order valence-corrected chi connectivity index (χ1v) is 35.1. The largest absolute Gasteiger partial charge is 0.466 e. The molecule has 0 saturated heterocycles. The van der Waals surface area contributed by atoms with Gasteiger partial charge in [-0.25, -0.2) is 9.59 Å². The van der Waals surface area contributed by atoms with Gasteiger partial charge in [-0.1, -0.05) is 206 Å². The summed E-state index contributed by atoms with van der Waals surface area (Å²) in [5.41, 5.74) is 3.58. The number of rotatable bonds is 22. The van der Waals surface area contributed by atoms with Gasteiger partial charge in [0, 0.05) is 19.2 Å². The minimum absolute atomic E-state index is 0.143. The highest BCUT2D eigenvalue weighted by Gasteiger charge is 2.28. The molecule has 0 radical (unpaired) electrons. The number of carbonyl (C=O) groups is 2. The summed E-state index contributed by atoms with van der Waals surface area (Å²) in [6.45, 7) is 49.5. The van der Waals surface area contributed by atoms with Crippen molar-refractivity contribution in [3.8, 4) is 0 Å². The van der Waals surface area contributed by atoms with E-state index in [9.17, 15) is 9.59 Å². The summed E-state index contributed by atoms with van der Waals surface area (Å²) in [5.74, 6) is 1.26. The molecule has 0 saturated carbocycles. The van der Waals surface area contributed by atoms with Gasteiger partial charge in [-0.05, 0) is 53.4 Å². The lowest BCUT2D eigenvalue weighted by atomic mass is 10.1. The van der Waals surface area contributed by atoms with Crippen LogP contribution in [0.25, 0.3) is 0 Å². The quantitative estimate of drug-likeness (QED) is 0.0620. The van der Waals surface area contributed by atoms with Crippen LogP contribution in [-0.2, 0) is 19.1 Å². The lowest BCUT2D eigenvalue weighted by Gasteiger charge is -2.29. The van der Waals surface area contributed by atoms with Crippen LogP contribution in [0.1, 0.15) is 144 Å². The molecule has 0 aromatic rings. The molecule has 0 aliphatic rings. The third-order valence-electron chi connectivity index (χ3n) is 14.1. The average Bonchev–Trinajstić information content (AvgIpc) is 3.19. The molecule has 8 heteroatoms. The maximum absolute atomic E-state index is 11.8. The van der Waals surface area contributed by atoms with Gasteiger partial charge in [0.15, 0.2) is 0 Å². The van der Waals surface area contributed by atoms with E-state index < -0.39 is 32.3 Å². The highest BCUT2D eigenvalue weighted by Crippen LogP contribution is 2.29. The molecule has 54 heavy (non-hydrogen) atoms. The molecule has 0 bridgehead atoms. The maximum atomic E-state index is 11.8. The van der Waals surface area contributed by atoms with E-state index in [0.29, 0.717) is 18.8 Å². The summed E-state index contributed by atoms with van der Waals surface area (Å²) < 4.78 is 10.9. The van der Waals surface area contributed by atoms with Crippen LogP contribution < -0.4 is 0 Å². The van der Waals surface area contributed by atoms with Gasteiger partial charge in [-0.2, -0.15) is 0 Å². The highest BCUT2D eigenvalue weighted by molar-refractivity contribution is 6.79. The van der Waals surface area contributed by atoms with Crippen molar-refractivity contribution in [2.24, 2.45) is 11.8 Å². The fourth-order valence-corrected chi connectivity index (χ4v) is 14.4. The highest BCUT2D eigenvalue weighted by atomic mass is 28.3. The Morgan fingerprint density at radius 3 is 0.926 bits per heavy atom. The fourth-order valence-electron chi connectivity index (χ4n) is 5.63. The zero-order valence-corrected chi connectivity index (χ0v) is 45.1. The normalized spacial score (nSPS) is 12.2. The van der Waals surface area contributed by atoms with E-state index >= 15 is 0 Å². The zero-order valence-electron chi connectivity index (χ0n) is 41.1. The van der Waals surface area contributed by atoms with Gasteiger partial charge in [0.25, 0.3) is 0 Å². The van der Waals surface area contributed by atoms with Gasteiger partial charge in [-0.3, -0.25) is 0 Å². The Labute approximate surface area is 345 Å². The van der Waals surface area contributed by atoms with Crippen molar-refractivity contribution in [2.75, 3.05) is 12.8 Å². The van der Waals surface area contributed by atoms with Crippen LogP contribution in [0.5, 0.6) is 0 Å². The number of hydrogen-bond acceptors (Lipinski definition) is 4. The monoisotopic (exact) mass is 829 g/mol. The predicted octanol–water partition coefficient (Wildman–Crippen LogP) is 16.2. The molecule has 0 spiro atoms. The summed E-state index contributed by atoms with van der Waals surface area (Å²) in [5, 5.41) is 0. The van der Waals surface area contributed by atoms with Gasteiger partial charge in [0.1, 0.15) is 0 Å². The Hall–Kier alpha value is -0.712. The molecule has 1 atom stereocenters. The standard InChI is InChI=1S/C16H32O2Si.C12H24O2Si.C11H26Si.C7H18Si/c1-8-15(12-19(7,9-2)10-3)11-18-16(17)14(6)13(4)5;1-7-15(6,8-2)9-14-12(13)11(5)10(3)4;1-6-11(7-2)10-12(5,8-3)9-4;1-5-8(4,6-2)7-3/h15H,8-12H2,1-7H3;7-9H2,1-6H3;11H,6-10H2,1-5H3;5-7H2,1-4H3. The van der Waals surface area contributed by atoms with Crippen LogP contribution in [0.4, 0.5) is 0 Å². The second-order valence-corrected chi connectivity index (χ2v) is 40.2. The SMILES string of the molecule is CCC(CC)C[Si](C)(CC)CC.CCC(COC(=O)C(C)=C(C)C)C[Si](C)(CC)CC.CC[Si](C)(CC)CC.CC[Si](C)(CC)COC(=O)C(C)=C(C)C. The Balaban J connectivity index is -0.000000322. The lowest BCUT2D eigenvalue weighted by molar-refractivity contribution is -0.140. The van der Waals surface area contributed by atoms with Crippen molar-refractivity contribution >= 4 is 44.2 Å². The summed E-state index contributed by atoms with van der Waals surface area (Å²) in [6, 6.07) is 15.1. The Morgan fingerprint density at radius 1 is 0.407 bits per heavy atom. The molecule has 0 amide bonds. The molecule has 0 aliphatic carbocycles. The maximum Gasteiger partial charge on any atom is 0.333 e. The number of carbonyl (C=O) groups excluding carboxylic acids is 2. The van der Waals surface area contributed by atoms with Crippen molar-refractivity contribution in [1.29, 1.82) is 0 Å². The van der Waals surface area contributed by atoms with Crippen LogP contribution in [0.15, 0.2) is 22.3 Å². The molecule has 0 N–H and O–H groups in total. The topological polar surface area (TPSA) is 52.6 Å². The third kappa shape index (κ3) is 27.0. The smallest absolute Gasteiger partial charge is 0.333 e. The van der Waals surface area contributed by atoms with Crippen molar-refractivity contribution in [1.82, 2.24) is 0 Å². The molecule has 0 aromatic heterocycles. The molecule has 0 aliphatic heterocycles. The summed E-state index contributed by atoms with van der Waals surface area (Å²) >= 11 is 0. The van der Waals surface area contributed by atoms with E-state index in [-0.39, 0.29) is 11.9 Å². The zero-order chi connectivity index (χ0) is 43.3. The van der Waals surface area contributed by atoms with Crippen LogP contribution in [-0.4, -0.2) is 57.1 Å². The number of ether oxygens (including phenoxy) is 2. The Kier molecular flexibility index (Phi) is 35.8. The minimum Gasteiger partial charge on any atom is -0.466 e. The minimum atomic E-state index is -1.31. The van der Waals surface area contributed by atoms with Crippen molar-refractivity contribution in [2.45, 2.75) is 237 Å². The van der Waals surface area contributed by atoms with E-state index in [0.717, 1.165) is 34.6 Å². The van der Waals surface area contributed by atoms with E-state index in [1.54, 1.807) is 6.04 Å². The first-order chi connectivity index (χ1) is 24.9. The van der Waals surface area contributed by atoms with Crippen LogP contribution in [0.2, 0.25) is 92.7 Å². The number of allylic oxidation sites excluding steroid dienone is 2. The summed E-state index contributed by atoms with van der Waals surface area (Å²) in [7, 11) is -3.89. The van der Waals surface area contributed by atoms with Crippen molar-refractivity contribution < 1.29 is 19.1 Å². The molecule has 0 heterocycles. The van der Waals surface area contributed by atoms with E-state index in [1.165, 1.54) is 73.3 Å². The molecular formula is C46H100O4Si4. The van der Waals surface area contributed by atoms with Gasteiger partial charge < -0.3 is 9.47 Å². The average molecular weight is 830 g/mol. The second-order valence-electron chi connectivity index (χ2n) is 18.2.